The van der Waals surface area contributed by atoms with Gasteiger partial charge in [-0.15, -0.1) is 0 Å². The molecule has 0 amide bonds. The molecule has 0 radical (unpaired) electrons. The molecule has 3 unspecified atom stereocenters. The Morgan fingerprint density at radius 3 is 2.07 bits per heavy atom. The number of rotatable bonds is 4. The normalized spacial score (nSPS) is 33.7. The van der Waals surface area contributed by atoms with E-state index in [0.717, 1.165) is 19.3 Å². The van der Waals surface area contributed by atoms with Crippen molar-refractivity contribution >= 4 is 5.97 Å². The SMILES string of the molecule is CC(C(=O)O)C1C(CO)CCCC1CO. The van der Waals surface area contributed by atoms with E-state index in [1.54, 1.807) is 6.92 Å². The van der Waals surface area contributed by atoms with Crippen molar-refractivity contribution in [1.29, 1.82) is 0 Å². The molecule has 4 heteroatoms. The molecule has 0 aliphatic heterocycles. The van der Waals surface area contributed by atoms with Crippen LogP contribution in [0.4, 0.5) is 0 Å². The third kappa shape index (κ3) is 2.69. The van der Waals surface area contributed by atoms with Gasteiger partial charge in [0.2, 0.25) is 0 Å². The van der Waals surface area contributed by atoms with Crippen molar-refractivity contribution in [3.05, 3.63) is 0 Å². The minimum atomic E-state index is -0.834. The lowest BCUT2D eigenvalue weighted by molar-refractivity contribution is -0.146. The number of carboxylic acid groups (broad SMARTS) is 1. The van der Waals surface area contributed by atoms with Gasteiger partial charge in [0.15, 0.2) is 0 Å². The Bertz CT molecular complexity index is 205. The highest BCUT2D eigenvalue weighted by Gasteiger charge is 2.38. The molecule has 0 saturated heterocycles. The Kier molecular flexibility index (Phi) is 4.54. The third-order valence-corrected chi connectivity index (χ3v) is 3.67. The zero-order chi connectivity index (χ0) is 11.4. The summed E-state index contributed by atoms with van der Waals surface area (Å²) in [5, 5.41) is 27.5. The van der Waals surface area contributed by atoms with Crippen molar-refractivity contribution in [2.24, 2.45) is 23.7 Å². The first-order chi connectivity index (χ1) is 7.11. The van der Waals surface area contributed by atoms with Gasteiger partial charge in [0.05, 0.1) is 5.92 Å². The molecule has 0 aromatic heterocycles. The van der Waals surface area contributed by atoms with Crippen LogP contribution in [0.1, 0.15) is 26.2 Å². The molecule has 1 aliphatic carbocycles. The molecular weight excluding hydrogens is 196 g/mol. The van der Waals surface area contributed by atoms with E-state index in [1.165, 1.54) is 0 Å². The summed E-state index contributed by atoms with van der Waals surface area (Å²) in [6, 6.07) is 0. The van der Waals surface area contributed by atoms with E-state index in [9.17, 15) is 15.0 Å². The predicted octanol–water partition coefficient (Wildman–Crippen LogP) is 0.724. The van der Waals surface area contributed by atoms with Gasteiger partial charge in [0, 0.05) is 13.2 Å². The van der Waals surface area contributed by atoms with Gasteiger partial charge in [-0.1, -0.05) is 13.3 Å². The van der Waals surface area contributed by atoms with E-state index >= 15 is 0 Å². The van der Waals surface area contributed by atoms with Gasteiger partial charge < -0.3 is 15.3 Å². The Balaban J connectivity index is 2.78. The van der Waals surface area contributed by atoms with E-state index < -0.39 is 11.9 Å². The number of hydrogen-bond donors (Lipinski definition) is 3. The molecule has 0 aromatic rings. The first kappa shape index (κ1) is 12.5. The molecule has 3 N–H and O–H groups in total. The van der Waals surface area contributed by atoms with Crippen LogP contribution >= 0.6 is 0 Å². The number of aliphatic hydroxyl groups is 2. The summed E-state index contributed by atoms with van der Waals surface area (Å²) in [6.45, 7) is 1.72. The van der Waals surface area contributed by atoms with Crippen molar-refractivity contribution in [2.75, 3.05) is 13.2 Å². The minimum absolute atomic E-state index is 0.0266. The first-order valence-electron chi connectivity index (χ1n) is 5.56. The maximum atomic E-state index is 11.0. The van der Waals surface area contributed by atoms with Crippen LogP contribution in [0.15, 0.2) is 0 Å². The highest BCUT2D eigenvalue weighted by Crippen LogP contribution is 2.39. The lowest BCUT2D eigenvalue weighted by atomic mass is 9.67. The van der Waals surface area contributed by atoms with Gasteiger partial charge in [-0.05, 0) is 30.6 Å². The first-order valence-corrected chi connectivity index (χ1v) is 5.56. The summed E-state index contributed by atoms with van der Waals surface area (Å²) in [5.41, 5.74) is 0. The van der Waals surface area contributed by atoms with Gasteiger partial charge in [0.25, 0.3) is 0 Å². The van der Waals surface area contributed by atoms with Crippen LogP contribution in [0.25, 0.3) is 0 Å². The molecule has 15 heavy (non-hydrogen) atoms. The van der Waals surface area contributed by atoms with Crippen LogP contribution < -0.4 is 0 Å². The van der Waals surface area contributed by atoms with Crippen molar-refractivity contribution in [3.8, 4) is 0 Å². The van der Waals surface area contributed by atoms with Crippen molar-refractivity contribution in [1.82, 2.24) is 0 Å². The highest BCUT2D eigenvalue weighted by atomic mass is 16.4. The predicted molar refractivity (Wildman–Crippen MR) is 55.3 cm³/mol. The van der Waals surface area contributed by atoms with E-state index in [-0.39, 0.29) is 31.0 Å². The molecule has 0 aromatic carbocycles. The number of carboxylic acids is 1. The number of carbonyl (C=O) groups is 1. The van der Waals surface area contributed by atoms with Gasteiger partial charge in [-0.3, -0.25) is 4.79 Å². The quantitative estimate of drug-likeness (QED) is 0.647. The molecule has 0 bridgehead atoms. The van der Waals surface area contributed by atoms with E-state index in [2.05, 4.69) is 0 Å². The molecule has 1 saturated carbocycles. The number of aliphatic carboxylic acids is 1. The Morgan fingerprint density at radius 2 is 1.73 bits per heavy atom. The fourth-order valence-corrected chi connectivity index (χ4v) is 2.82. The number of aliphatic hydroxyl groups excluding tert-OH is 2. The summed E-state index contributed by atoms with van der Waals surface area (Å²) in [6.07, 6.45) is 2.71. The van der Waals surface area contributed by atoms with Crippen LogP contribution in [-0.2, 0) is 4.79 Å². The second kappa shape index (κ2) is 5.47. The van der Waals surface area contributed by atoms with Crippen LogP contribution in [0.5, 0.6) is 0 Å². The lowest BCUT2D eigenvalue weighted by Crippen LogP contribution is -2.39. The smallest absolute Gasteiger partial charge is 0.306 e. The molecule has 0 heterocycles. The van der Waals surface area contributed by atoms with E-state index in [4.69, 9.17) is 5.11 Å². The monoisotopic (exact) mass is 216 g/mol. The Labute approximate surface area is 89.9 Å². The third-order valence-electron chi connectivity index (χ3n) is 3.67. The summed E-state index contributed by atoms with van der Waals surface area (Å²) in [5.74, 6) is -1.35. The van der Waals surface area contributed by atoms with Crippen molar-refractivity contribution in [3.63, 3.8) is 0 Å². The molecule has 4 nitrogen and oxygen atoms in total. The standard InChI is InChI=1S/C11H20O4/c1-7(11(14)15)10-8(5-12)3-2-4-9(10)6-13/h7-10,12-13H,2-6H2,1H3,(H,14,15). The summed E-state index contributed by atoms with van der Waals surface area (Å²) in [4.78, 5) is 11.0. The average molecular weight is 216 g/mol. The summed E-state index contributed by atoms with van der Waals surface area (Å²) in [7, 11) is 0. The molecule has 1 aliphatic rings. The zero-order valence-electron chi connectivity index (χ0n) is 9.09. The van der Waals surface area contributed by atoms with Crippen LogP contribution in [-0.4, -0.2) is 34.5 Å². The van der Waals surface area contributed by atoms with Crippen LogP contribution in [0, 0.1) is 23.7 Å². The molecule has 1 fully saturated rings. The van der Waals surface area contributed by atoms with E-state index in [1.807, 2.05) is 0 Å². The van der Waals surface area contributed by atoms with Gasteiger partial charge in [-0.25, -0.2) is 0 Å². The fraction of sp³-hybridized carbons (Fsp3) is 0.909. The van der Waals surface area contributed by atoms with E-state index in [0.29, 0.717) is 0 Å². The second-order valence-electron chi connectivity index (χ2n) is 4.52. The molecule has 0 spiro atoms. The zero-order valence-corrected chi connectivity index (χ0v) is 9.09. The summed E-state index contributed by atoms with van der Waals surface area (Å²) < 4.78 is 0. The maximum Gasteiger partial charge on any atom is 0.306 e. The Hall–Kier alpha value is -0.610. The molecule has 88 valence electrons. The van der Waals surface area contributed by atoms with Gasteiger partial charge >= 0.3 is 5.97 Å². The van der Waals surface area contributed by atoms with Gasteiger partial charge in [-0.2, -0.15) is 0 Å². The van der Waals surface area contributed by atoms with Crippen LogP contribution in [0.3, 0.4) is 0 Å². The molecule has 1 rings (SSSR count). The molecular formula is C11H20O4. The fourth-order valence-electron chi connectivity index (χ4n) is 2.82. The maximum absolute atomic E-state index is 11.0. The Morgan fingerprint density at radius 1 is 1.27 bits per heavy atom. The minimum Gasteiger partial charge on any atom is -0.481 e. The topological polar surface area (TPSA) is 77.8 Å². The average Bonchev–Trinajstić information content (AvgIpc) is 2.26. The molecule has 3 atom stereocenters. The second-order valence-corrected chi connectivity index (χ2v) is 4.52. The lowest BCUT2D eigenvalue weighted by Gasteiger charge is -2.38. The van der Waals surface area contributed by atoms with Crippen LogP contribution in [0.2, 0.25) is 0 Å². The largest absolute Gasteiger partial charge is 0.481 e. The van der Waals surface area contributed by atoms with Crippen molar-refractivity contribution in [2.45, 2.75) is 26.2 Å². The van der Waals surface area contributed by atoms with Crippen molar-refractivity contribution < 1.29 is 20.1 Å². The summed E-state index contributed by atoms with van der Waals surface area (Å²) >= 11 is 0. The number of hydrogen-bond acceptors (Lipinski definition) is 3. The highest BCUT2D eigenvalue weighted by molar-refractivity contribution is 5.70. The van der Waals surface area contributed by atoms with Gasteiger partial charge in [0.1, 0.15) is 0 Å².